The molecule has 1 amide bonds. The van der Waals surface area contributed by atoms with Crippen LogP contribution in [-0.2, 0) is 4.79 Å². The number of rotatable bonds is 3. The molecule has 7 heteroatoms. The minimum Gasteiger partial charge on any atom is -0.545 e. The first-order valence-corrected chi connectivity index (χ1v) is 7.63. The van der Waals surface area contributed by atoms with E-state index in [4.69, 9.17) is 11.6 Å². The molecule has 2 aromatic carbocycles. The molecule has 5 nitrogen and oxygen atoms in total. The van der Waals surface area contributed by atoms with E-state index in [2.05, 4.69) is 5.10 Å². The van der Waals surface area contributed by atoms with E-state index in [0.717, 1.165) is 5.01 Å². The number of carboxylic acids is 1. The fourth-order valence-corrected chi connectivity index (χ4v) is 2.58. The third-order valence-corrected chi connectivity index (χ3v) is 3.99. The van der Waals surface area contributed by atoms with Crippen LogP contribution in [-0.4, -0.2) is 17.6 Å². The van der Waals surface area contributed by atoms with E-state index < -0.39 is 11.9 Å². The number of aromatic carboxylic acids is 1. The summed E-state index contributed by atoms with van der Waals surface area (Å²) in [5.41, 5.74) is 1.47. The van der Waals surface area contributed by atoms with Gasteiger partial charge in [-0.25, -0.2) is 4.39 Å². The molecule has 0 atom stereocenters. The lowest BCUT2D eigenvalue weighted by Gasteiger charge is -2.14. The number of halogens is 2. The van der Waals surface area contributed by atoms with E-state index >= 15 is 0 Å². The second-order valence-electron chi connectivity index (χ2n) is 5.36. The molecule has 1 aliphatic rings. The van der Waals surface area contributed by atoms with Gasteiger partial charge in [-0.05, 0) is 48.9 Å². The Kier molecular flexibility index (Phi) is 4.37. The first-order valence-electron chi connectivity index (χ1n) is 7.25. The predicted molar refractivity (Wildman–Crippen MR) is 90.8 cm³/mol. The van der Waals surface area contributed by atoms with Gasteiger partial charge in [0.2, 0.25) is 0 Å². The second-order valence-corrected chi connectivity index (χ2v) is 5.77. The summed E-state index contributed by atoms with van der Waals surface area (Å²) in [5, 5.41) is 16.4. The molecular formula is C18H11ClFN2O3-. The van der Waals surface area contributed by atoms with E-state index in [1.54, 1.807) is 25.1 Å². The standard InChI is InChI=1S/C18H12ClFN2O3/c1-10-14(8-11-2-4-12(20)5-3-11)17(23)22(21-10)13-6-7-16(19)15(9-13)18(24)25/h2-9H,1H3,(H,24,25)/p-1/b14-8-. The van der Waals surface area contributed by atoms with Gasteiger partial charge in [-0.3, -0.25) is 4.79 Å². The van der Waals surface area contributed by atoms with Crippen molar-refractivity contribution in [3.8, 4) is 0 Å². The SMILES string of the molecule is CC1=NN(c2ccc(Cl)c(C(=O)[O-])c2)C(=O)/C1=C\c1ccc(F)cc1. The van der Waals surface area contributed by atoms with E-state index in [-0.39, 0.29) is 22.1 Å². The number of nitrogens with zero attached hydrogens (tertiary/aromatic N) is 2. The third kappa shape index (κ3) is 3.29. The molecule has 0 saturated heterocycles. The van der Waals surface area contributed by atoms with Gasteiger partial charge in [0.1, 0.15) is 5.82 Å². The summed E-state index contributed by atoms with van der Waals surface area (Å²) in [6, 6.07) is 9.76. The van der Waals surface area contributed by atoms with Crippen molar-refractivity contribution in [2.24, 2.45) is 5.10 Å². The van der Waals surface area contributed by atoms with Gasteiger partial charge >= 0.3 is 0 Å². The monoisotopic (exact) mass is 357 g/mol. The van der Waals surface area contributed by atoms with Crippen molar-refractivity contribution in [3.05, 3.63) is 70.0 Å². The number of benzene rings is 2. The summed E-state index contributed by atoms with van der Waals surface area (Å²) in [5.74, 6) is -2.24. The number of hydrogen-bond acceptors (Lipinski definition) is 4. The summed E-state index contributed by atoms with van der Waals surface area (Å²) in [7, 11) is 0. The number of amides is 1. The Morgan fingerprint density at radius 1 is 1.24 bits per heavy atom. The molecule has 0 unspecified atom stereocenters. The van der Waals surface area contributed by atoms with Crippen molar-refractivity contribution >= 4 is 41.0 Å². The summed E-state index contributed by atoms with van der Waals surface area (Å²) < 4.78 is 13.0. The smallest absolute Gasteiger partial charge is 0.280 e. The zero-order valence-electron chi connectivity index (χ0n) is 13.0. The molecule has 1 heterocycles. The van der Waals surface area contributed by atoms with Gasteiger partial charge in [0.05, 0.1) is 22.9 Å². The van der Waals surface area contributed by atoms with Gasteiger partial charge in [0, 0.05) is 10.6 Å². The van der Waals surface area contributed by atoms with Gasteiger partial charge in [0.15, 0.2) is 0 Å². The summed E-state index contributed by atoms with van der Waals surface area (Å²) in [6.45, 7) is 1.66. The molecule has 0 radical (unpaired) electrons. The Balaban J connectivity index is 1.96. The lowest BCUT2D eigenvalue weighted by atomic mass is 10.1. The molecule has 126 valence electrons. The van der Waals surface area contributed by atoms with Gasteiger partial charge < -0.3 is 9.90 Å². The first kappa shape index (κ1) is 16.9. The second kappa shape index (κ2) is 6.49. The molecule has 0 spiro atoms. The number of hydrazone groups is 1. The Labute approximate surface area is 147 Å². The number of hydrogen-bond donors (Lipinski definition) is 0. The highest BCUT2D eigenvalue weighted by atomic mass is 35.5. The van der Waals surface area contributed by atoms with Crippen LogP contribution in [0.2, 0.25) is 5.02 Å². The van der Waals surface area contributed by atoms with Gasteiger partial charge in [0.25, 0.3) is 5.91 Å². The molecule has 1 aliphatic heterocycles. The largest absolute Gasteiger partial charge is 0.545 e. The Morgan fingerprint density at radius 3 is 2.56 bits per heavy atom. The summed E-state index contributed by atoms with van der Waals surface area (Å²) >= 11 is 5.81. The van der Waals surface area contributed by atoms with Gasteiger partial charge in [-0.1, -0.05) is 23.7 Å². The third-order valence-electron chi connectivity index (χ3n) is 3.66. The number of carboxylic acid groups (broad SMARTS) is 1. The van der Waals surface area contributed by atoms with Crippen LogP contribution in [0.1, 0.15) is 22.8 Å². The van der Waals surface area contributed by atoms with Crippen LogP contribution in [0, 0.1) is 5.82 Å². The van der Waals surface area contributed by atoms with E-state index in [0.29, 0.717) is 16.8 Å². The maximum Gasteiger partial charge on any atom is 0.280 e. The fraction of sp³-hybridized carbons (Fsp3) is 0.0556. The van der Waals surface area contributed by atoms with Crippen LogP contribution in [0.4, 0.5) is 10.1 Å². The molecule has 25 heavy (non-hydrogen) atoms. The van der Waals surface area contributed by atoms with Crippen molar-refractivity contribution in [1.82, 2.24) is 0 Å². The van der Waals surface area contributed by atoms with E-state index in [1.165, 1.54) is 30.3 Å². The first-order chi connectivity index (χ1) is 11.9. The number of carbonyl (C=O) groups excluding carboxylic acids is 2. The highest BCUT2D eigenvalue weighted by molar-refractivity contribution is 6.34. The van der Waals surface area contributed by atoms with Crippen molar-refractivity contribution < 1.29 is 19.1 Å². The highest BCUT2D eigenvalue weighted by Crippen LogP contribution is 2.28. The molecule has 0 N–H and O–H groups in total. The molecule has 0 aromatic heterocycles. The average molecular weight is 358 g/mol. The normalized spacial score (nSPS) is 15.6. The Morgan fingerprint density at radius 2 is 1.92 bits per heavy atom. The van der Waals surface area contributed by atoms with Crippen molar-refractivity contribution in [2.75, 3.05) is 5.01 Å². The predicted octanol–water partition coefficient (Wildman–Crippen LogP) is 2.65. The van der Waals surface area contributed by atoms with Crippen LogP contribution >= 0.6 is 11.6 Å². The van der Waals surface area contributed by atoms with Crippen LogP contribution in [0.3, 0.4) is 0 Å². The van der Waals surface area contributed by atoms with Crippen molar-refractivity contribution in [2.45, 2.75) is 6.92 Å². The molecule has 0 aliphatic carbocycles. The van der Waals surface area contributed by atoms with E-state index in [1.807, 2.05) is 0 Å². The highest BCUT2D eigenvalue weighted by Gasteiger charge is 2.29. The quantitative estimate of drug-likeness (QED) is 0.793. The van der Waals surface area contributed by atoms with Gasteiger partial charge in [-0.2, -0.15) is 10.1 Å². The van der Waals surface area contributed by atoms with Crippen molar-refractivity contribution in [3.63, 3.8) is 0 Å². The number of anilines is 1. The minimum absolute atomic E-state index is 0.0122. The zero-order valence-corrected chi connectivity index (χ0v) is 13.7. The van der Waals surface area contributed by atoms with Crippen LogP contribution < -0.4 is 10.1 Å². The Hall–Kier alpha value is -2.99. The minimum atomic E-state index is -1.44. The molecule has 0 fully saturated rings. The fourth-order valence-electron chi connectivity index (χ4n) is 2.39. The average Bonchev–Trinajstić information content (AvgIpc) is 2.85. The van der Waals surface area contributed by atoms with E-state index in [9.17, 15) is 19.1 Å². The molecule has 3 rings (SSSR count). The molecular weight excluding hydrogens is 347 g/mol. The lowest BCUT2D eigenvalue weighted by molar-refractivity contribution is -0.255. The van der Waals surface area contributed by atoms with Gasteiger partial charge in [-0.15, -0.1) is 0 Å². The Bertz CT molecular complexity index is 936. The van der Waals surface area contributed by atoms with Crippen LogP contribution in [0.5, 0.6) is 0 Å². The summed E-state index contributed by atoms with van der Waals surface area (Å²) in [4.78, 5) is 23.7. The number of carbonyl (C=O) groups is 2. The molecule has 0 bridgehead atoms. The van der Waals surface area contributed by atoms with Crippen LogP contribution in [0.15, 0.2) is 53.1 Å². The maximum atomic E-state index is 13.0. The van der Waals surface area contributed by atoms with Crippen LogP contribution in [0.25, 0.3) is 6.08 Å². The summed E-state index contributed by atoms with van der Waals surface area (Å²) in [6.07, 6.45) is 1.59. The molecule has 2 aromatic rings. The molecule has 0 saturated carbocycles. The zero-order chi connectivity index (χ0) is 18.1. The maximum absolute atomic E-state index is 13.0. The lowest BCUT2D eigenvalue weighted by Crippen LogP contribution is -2.25. The van der Waals surface area contributed by atoms with Crippen molar-refractivity contribution in [1.29, 1.82) is 0 Å². The topological polar surface area (TPSA) is 72.8 Å².